The summed E-state index contributed by atoms with van der Waals surface area (Å²) < 4.78 is 0. The standard InChI is InChI=1S/C21H30O2/c1-12-4-8-20(3)16-6-7-19(2)17(14-10-15(14)18(19)22)13(16)5-9-21(20,23)11-12/h5,9,12-17,23H,4,6-8,10-11H2,1-3H3/t12-,13+,14+,15-,16?,17?,19-,20+,21-/m0/s1. The number of allylic oxidation sites excluding steroid dienone is 1. The first-order chi connectivity index (χ1) is 10.8. The van der Waals surface area contributed by atoms with Crippen molar-refractivity contribution in [2.75, 3.05) is 0 Å². The van der Waals surface area contributed by atoms with Crippen LogP contribution in [0.5, 0.6) is 0 Å². The van der Waals surface area contributed by atoms with Crippen LogP contribution in [0.15, 0.2) is 12.2 Å². The molecule has 2 heteroatoms. The van der Waals surface area contributed by atoms with Crippen LogP contribution in [0.3, 0.4) is 0 Å². The number of fused-ring (bicyclic) bond motifs is 7. The van der Waals surface area contributed by atoms with Crippen molar-refractivity contribution < 1.29 is 9.90 Å². The molecule has 23 heavy (non-hydrogen) atoms. The van der Waals surface area contributed by atoms with E-state index in [4.69, 9.17) is 0 Å². The van der Waals surface area contributed by atoms with Crippen LogP contribution < -0.4 is 0 Å². The predicted octanol–water partition coefficient (Wildman–Crippen LogP) is 3.98. The van der Waals surface area contributed by atoms with E-state index in [1.54, 1.807) is 0 Å². The monoisotopic (exact) mass is 314 g/mol. The van der Waals surface area contributed by atoms with Crippen LogP contribution in [0.4, 0.5) is 0 Å². The van der Waals surface area contributed by atoms with Crippen molar-refractivity contribution in [3.63, 3.8) is 0 Å². The average Bonchev–Trinajstić information content (AvgIpc) is 3.23. The van der Waals surface area contributed by atoms with E-state index in [0.29, 0.717) is 41.3 Å². The van der Waals surface area contributed by atoms with Crippen LogP contribution in [-0.2, 0) is 4.79 Å². The summed E-state index contributed by atoms with van der Waals surface area (Å²) in [4.78, 5) is 12.8. The van der Waals surface area contributed by atoms with Gasteiger partial charge in [0.05, 0.1) is 5.60 Å². The number of ketones is 1. The minimum Gasteiger partial charge on any atom is -0.385 e. The molecule has 0 aromatic carbocycles. The van der Waals surface area contributed by atoms with Crippen molar-refractivity contribution in [3.05, 3.63) is 12.2 Å². The Labute approximate surface area is 139 Å². The zero-order chi connectivity index (χ0) is 16.2. The Morgan fingerprint density at radius 2 is 2.00 bits per heavy atom. The number of aliphatic hydroxyl groups is 1. The summed E-state index contributed by atoms with van der Waals surface area (Å²) in [6, 6.07) is 0. The van der Waals surface area contributed by atoms with Crippen molar-refractivity contribution >= 4 is 5.78 Å². The molecule has 0 heterocycles. The Kier molecular flexibility index (Phi) is 2.63. The summed E-state index contributed by atoms with van der Waals surface area (Å²) in [6.07, 6.45) is 11.1. The molecule has 0 radical (unpaired) electrons. The molecule has 1 N–H and O–H groups in total. The Balaban J connectivity index is 1.58. The minimum absolute atomic E-state index is 0.0102. The van der Waals surface area contributed by atoms with E-state index < -0.39 is 5.60 Å². The van der Waals surface area contributed by atoms with Crippen molar-refractivity contribution in [1.82, 2.24) is 0 Å². The molecule has 0 bridgehead atoms. The maximum absolute atomic E-state index is 12.8. The van der Waals surface area contributed by atoms with Gasteiger partial charge in [0.2, 0.25) is 0 Å². The van der Waals surface area contributed by atoms with Crippen molar-refractivity contribution in [1.29, 1.82) is 0 Å². The summed E-state index contributed by atoms with van der Waals surface area (Å²) in [6.45, 7) is 6.88. The molecule has 2 unspecified atom stereocenters. The topological polar surface area (TPSA) is 37.3 Å². The Hall–Kier alpha value is -0.630. The van der Waals surface area contributed by atoms with E-state index in [1.807, 2.05) is 0 Å². The fraction of sp³-hybridized carbons (Fsp3) is 0.857. The van der Waals surface area contributed by atoms with E-state index >= 15 is 0 Å². The van der Waals surface area contributed by atoms with Gasteiger partial charge in [0.25, 0.3) is 0 Å². The predicted molar refractivity (Wildman–Crippen MR) is 89.6 cm³/mol. The zero-order valence-corrected chi connectivity index (χ0v) is 14.7. The largest absolute Gasteiger partial charge is 0.385 e. The number of rotatable bonds is 0. The summed E-state index contributed by atoms with van der Waals surface area (Å²) in [7, 11) is 0. The third-order valence-electron chi connectivity index (χ3n) is 9.01. The third kappa shape index (κ3) is 1.57. The highest BCUT2D eigenvalue weighted by molar-refractivity contribution is 5.92. The maximum Gasteiger partial charge on any atom is 0.142 e. The molecule has 4 fully saturated rings. The highest BCUT2D eigenvalue weighted by Crippen LogP contribution is 2.71. The van der Waals surface area contributed by atoms with E-state index in [0.717, 1.165) is 32.1 Å². The number of hydrogen-bond donors (Lipinski definition) is 1. The molecule has 0 aromatic heterocycles. The molecule has 126 valence electrons. The molecule has 5 aliphatic rings. The van der Waals surface area contributed by atoms with Crippen LogP contribution >= 0.6 is 0 Å². The number of carbonyl (C=O) groups is 1. The molecular formula is C21H30O2. The maximum atomic E-state index is 12.8. The number of carbonyl (C=O) groups excluding carboxylic acids is 1. The molecule has 0 aliphatic heterocycles. The van der Waals surface area contributed by atoms with Gasteiger partial charge in [0.15, 0.2) is 0 Å². The number of hydrogen-bond acceptors (Lipinski definition) is 2. The lowest BCUT2D eigenvalue weighted by Crippen LogP contribution is -2.60. The molecule has 2 nitrogen and oxygen atoms in total. The highest BCUT2D eigenvalue weighted by Gasteiger charge is 2.71. The highest BCUT2D eigenvalue weighted by atomic mass is 16.3. The molecule has 4 saturated carbocycles. The number of Topliss-reactive ketones (excluding diaryl/α,β-unsaturated/α-hetero) is 1. The lowest BCUT2D eigenvalue weighted by molar-refractivity contribution is -0.160. The van der Waals surface area contributed by atoms with Gasteiger partial charge in [-0.15, -0.1) is 0 Å². The van der Waals surface area contributed by atoms with E-state index in [-0.39, 0.29) is 10.8 Å². The van der Waals surface area contributed by atoms with E-state index in [1.165, 1.54) is 6.42 Å². The Bertz CT molecular complexity index is 609. The van der Waals surface area contributed by atoms with Crippen molar-refractivity contribution in [2.24, 2.45) is 46.3 Å². The Morgan fingerprint density at radius 1 is 1.22 bits per heavy atom. The Morgan fingerprint density at radius 3 is 2.78 bits per heavy atom. The molecule has 0 amide bonds. The smallest absolute Gasteiger partial charge is 0.142 e. The van der Waals surface area contributed by atoms with Gasteiger partial charge in [-0.05, 0) is 68.1 Å². The van der Waals surface area contributed by atoms with Gasteiger partial charge >= 0.3 is 0 Å². The fourth-order valence-corrected chi connectivity index (χ4v) is 7.53. The first-order valence-corrected chi connectivity index (χ1v) is 9.76. The third-order valence-corrected chi connectivity index (χ3v) is 9.01. The lowest BCUT2D eigenvalue weighted by atomic mass is 9.45. The van der Waals surface area contributed by atoms with E-state index in [2.05, 4.69) is 32.9 Å². The van der Waals surface area contributed by atoms with Crippen LogP contribution in [-0.4, -0.2) is 16.5 Å². The van der Waals surface area contributed by atoms with Crippen LogP contribution in [0.1, 0.15) is 59.3 Å². The molecule has 0 saturated heterocycles. The van der Waals surface area contributed by atoms with Gasteiger partial charge in [-0.25, -0.2) is 0 Å². The first kappa shape index (κ1) is 14.7. The molecule has 0 aromatic rings. The summed E-state index contributed by atoms with van der Waals surface area (Å²) >= 11 is 0. The summed E-state index contributed by atoms with van der Waals surface area (Å²) in [5.41, 5.74) is -0.672. The van der Waals surface area contributed by atoms with Gasteiger partial charge < -0.3 is 5.11 Å². The molecule has 9 atom stereocenters. The average molecular weight is 314 g/mol. The summed E-state index contributed by atoms with van der Waals surface area (Å²) in [5.74, 6) is 3.87. The SMILES string of the molecule is C[C@H]1CC[C@]2(C)C3CC[C@]4(C)C(=O)[C@H]5C[C@H]5C4[C@@H]3C=C[C@]2(O)C1. The van der Waals surface area contributed by atoms with Crippen LogP contribution in [0, 0.1) is 46.3 Å². The van der Waals surface area contributed by atoms with Crippen molar-refractivity contribution in [3.8, 4) is 0 Å². The summed E-state index contributed by atoms with van der Waals surface area (Å²) in [5, 5.41) is 11.4. The van der Waals surface area contributed by atoms with Gasteiger partial charge in [-0.3, -0.25) is 4.79 Å². The molecule has 5 aliphatic carbocycles. The van der Waals surface area contributed by atoms with E-state index in [9.17, 15) is 9.90 Å². The van der Waals surface area contributed by atoms with Gasteiger partial charge in [-0.2, -0.15) is 0 Å². The molecule has 5 rings (SSSR count). The minimum atomic E-state index is -0.620. The first-order valence-electron chi connectivity index (χ1n) is 9.76. The van der Waals surface area contributed by atoms with Crippen molar-refractivity contribution in [2.45, 2.75) is 64.9 Å². The van der Waals surface area contributed by atoms with Gasteiger partial charge in [0, 0.05) is 16.7 Å². The molecular weight excluding hydrogens is 284 g/mol. The quantitative estimate of drug-likeness (QED) is 0.687. The second-order valence-corrected chi connectivity index (χ2v) is 10.1. The fourth-order valence-electron chi connectivity index (χ4n) is 7.53. The van der Waals surface area contributed by atoms with Crippen LogP contribution in [0.2, 0.25) is 0 Å². The second kappa shape index (κ2) is 4.12. The normalized spacial score (nSPS) is 63.0. The van der Waals surface area contributed by atoms with Gasteiger partial charge in [-0.1, -0.05) is 32.9 Å². The zero-order valence-electron chi connectivity index (χ0n) is 14.7. The van der Waals surface area contributed by atoms with Gasteiger partial charge in [0.1, 0.15) is 5.78 Å². The molecule has 0 spiro atoms. The van der Waals surface area contributed by atoms with Crippen LogP contribution in [0.25, 0.3) is 0 Å². The second-order valence-electron chi connectivity index (χ2n) is 10.1. The lowest BCUT2D eigenvalue weighted by Gasteiger charge is -2.61.